The van der Waals surface area contributed by atoms with Gasteiger partial charge in [0.25, 0.3) is 0 Å². The van der Waals surface area contributed by atoms with Crippen molar-refractivity contribution < 1.29 is 23.9 Å². The molecule has 24 heavy (non-hydrogen) atoms. The zero-order valence-corrected chi connectivity index (χ0v) is 14.8. The largest absolute Gasteiger partial charge is 0.467 e. The van der Waals surface area contributed by atoms with Gasteiger partial charge in [0.2, 0.25) is 5.91 Å². The maximum absolute atomic E-state index is 12.7. The van der Waals surface area contributed by atoms with Crippen molar-refractivity contribution in [1.29, 1.82) is 0 Å². The van der Waals surface area contributed by atoms with Crippen LogP contribution < -0.4 is 5.32 Å². The van der Waals surface area contributed by atoms with Crippen LogP contribution in [-0.2, 0) is 19.1 Å². The van der Waals surface area contributed by atoms with Crippen molar-refractivity contribution in [3.63, 3.8) is 0 Å². The van der Waals surface area contributed by atoms with E-state index < -0.39 is 29.2 Å². The summed E-state index contributed by atoms with van der Waals surface area (Å²) in [5.74, 6) is -0.985. The Hall–Kier alpha value is -2.05. The number of hydrogen-bond acceptors (Lipinski definition) is 5. The molecule has 1 aliphatic carbocycles. The Bertz CT molecular complexity index is 554. The van der Waals surface area contributed by atoms with Gasteiger partial charge in [0.05, 0.1) is 7.11 Å². The van der Waals surface area contributed by atoms with Crippen LogP contribution in [-0.4, -0.2) is 53.7 Å². The predicted octanol–water partition coefficient (Wildman–Crippen LogP) is 1.62. The number of ether oxygens (including phenoxy) is 2. The summed E-state index contributed by atoms with van der Waals surface area (Å²) in [6.45, 7) is 9.48. The van der Waals surface area contributed by atoms with Gasteiger partial charge in [0.15, 0.2) is 0 Å². The molecule has 1 aliphatic heterocycles. The fourth-order valence-corrected chi connectivity index (χ4v) is 3.07. The van der Waals surface area contributed by atoms with E-state index in [9.17, 15) is 14.4 Å². The monoisotopic (exact) mass is 338 g/mol. The molecule has 1 saturated carbocycles. The van der Waals surface area contributed by atoms with Gasteiger partial charge in [0.1, 0.15) is 17.2 Å². The minimum absolute atomic E-state index is 0.148. The third-order valence-electron chi connectivity index (χ3n) is 4.38. The second kappa shape index (κ2) is 6.45. The summed E-state index contributed by atoms with van der Waals surface area (Å²) in [5, 5.41) is 2.77. The number of likely N-dealkylation sites (tertiary alicyclic amines) is 1. The topological polar surface area (TPSA) is 84.9 Å². The highest BCUT2D eigenvalue weighted by Gasteiger charge is 2.61. The Kier molecular flexibility index (Phi) is 4.92. The molecule has 2 fully saturated rings. The number of carbonyl (C=O) groups excluding carboxylic acids is 3. The average Bonchev–Trinajstić information content (AvgIpc) is 2.97. The van der Waals surface area contributed by atoms with Crippen LogP contribution in [0, 0.1) is 5.92 Å². The van der Waals surface area contributed by atoms with E-state index in [-0.39, 0.29) is 11.8 Å². The standard InChI is InChI=1S/C17H26N2O5/c1-6-11-10-17(11,14(21)23-5)18-13(20)12-8-7-9-19(12)15(22)24-16(2,3)4/h6,11-12H,1,7-10H2,2-5H3,(H,18,20)/t11?,12-,17+/m0/s1. The first kappa shape index (κ1) is 18.3. The maximum Gasteiger partial charge on any atom is 0.410 e. The second-order valence-corrected chi connectivity index (χ2v) is 7.33. The van der Waals surface area contributed by atoms with E-state index in [0.29, 0.717) is 25.8 Å². The second-order valence-electron chi connectivity index (χ2n) is 7.33. The zero-order chi connectivity index (χ0) is 18.1. The van der Waals surface area contributed by atoms with Gasteiger partial charge in [-0.1, -0.05) is 6.08 Å². The number of nitrogens with zero attached hydrogens (tertiary/aromatic N) is 1. The Labute approximate surface area is 142 Å². The normalized spacial score (nSPS) is 28.9. The minimum Gasteiger partial charge on any atom is -0.467 e. The summed E-state index contributed by atoms with van der Waals surface area (Å²) in [6, 6.07) is -0.632. The molecule has 0 radical (unpaired) electrons. The summed E-state index contributed by atoms with van der Waals surface area (Å²) < 4.78 is 10.2. The first-order valence-electron chi connectivity index (χ1n) is 8.17. The number of methoxy groups -OCH3 is 1. The third kappa shape index (κ3) is 3.55. The molecule has 3 atom stereocenters. The van der Waals surface area contributed by atoms with Crippen LogP contribution in [0.2, 0.25) is 0 Å². The van der Waals surface area contributed by atoms with Gasteiger partial charge in [-0.3, -0.25) is 9.69 Å². The lowest BCUT2D eigenvalue weighted by atomic mass is 10.1. The number of nitrogens with one attached hydrogen (secondary N) is 1. The highest BCUT2D eigenvalue weighted by atomic mass is 16.6. The Morgan fingerprint density at radius 2 is 2.00 bits per heavy atom. The minimum atomic E-state index is -1.05. The molecule has 2 rings (SSSR count). The Morgan fingerprint density at radius 1 is 1.33 bits per heavy atom. The van der Waals surface area contributed by atoms with Crippen molar-refractivity contribution in [1.82, 2.24) is 10.2 Å². The van der Waals surface area contributed by atoms with E-state index >= 15 is 0 Å². The van der Waals surface area contributed by atoms with E-state index in [0.717, 1.165) is 0 Å². The lowest BCUT2D eigenvalue weighted by Crippen LogP contribution is -2.53. The van der Waals surface area contributed by atoms with Crippen LogP contribution in [0.4, 0.5) is 4.79 Å². The molecule has 0 spiro atoms. The van der Waals surface area contributed by atoms with Crippen molar-refractivity contribution in [2.75, 3.05) is 13.7 Å². The summed E-state index contributed by atoms with van der Waals surface area (Å²) in [7, 11) is 1.29. The average molecular weight is 338 g/mol. The van der Waals surface area contributed by atoms with Crippen molar-refractivity contribution in [3.8, 4) is 0 Å². The van der Waals surface area contributed by atoms with Crippen LogP contribution in [0.3, 0.4) is 0 Å². The SMILES string of the molecule is C=CC1C[C@]1(NC(=O)[C@@H]1CCCN1C(=O)OC(C)(C)C)C(=O)OC. The number of carbonyl (C=O) groups is 3. The highest BCUT2D eigenvalue weighted by molar-refractivity contribution is 5.94. The van der Waals surface area contributed by atoms with E-state index in [1.807, 2.05) is 0 Å². The van der Waals surface area contributed by atoms with Gasteiger partial charge in [-0.25, -0.2) is 9.59 Å². The number of amides is 2. The van der Waals surface area contributed by atoms with Crippen LogP contribution in [0.5, 0.6) is 0 Å². The molecule has 134 valence electrons. The molecule has 0 bridgehead atoms. The van der Waals surface area contributed by atoms with Crippen LogP contribution in [0.25, 0.3) is 0 Å². The molecule has 0 aromatic rings. The first-order valence-corrected chi connectivity index (χ1v) is 8.17. The third-order valence-corrected chi connectivity index (χ3v) is 4.38. The van der Waals surface area contributed by atoms with Crippen LogP contribution >= 0.6 is 0 Å². The fourth-order valence-electron chi connectivity index (χ4n) is 3.07. The number of esters is 1. The molecular formula is C17H26N2O5. The molecule has 0 aromatic heterocycles. The molecule has 2 aliphatic rings. The summed E-state index contributed by atoms with van der Waals surface area (Å²) in [5.41, 5.74) is -1.67. The van der Waals surface area contributed by atoms with E-state index in [1.165, 1.54) is 12.0 Å². The van der Waals surface area contributed by atoms with Gasteiger partial charge in [-0.2, -0.15) is 0 Å². The van der Waals surface area contributed by atoms with E-state index in [4.69, 9.17) is 9.47 Å². The zero-order valence-electron chi connectivity index (χ0n) is 14.8. The lowest BCUT2D eigenvalue weighted by molar-refractivity contribution is -0.147. The molecule has 0 aromatic carbocycles. The van der Waals surface area contributed by atoms with E-state index in [1.54, 1.807) is 26.8 Å². The van der Waals surface area contributed by atoms with Crippen molar-refractivity contribution in [2.45, 2.75) is 57.2 Å². The molecule has 1 unspecified atom stereocenters. The molecule has 1 heterocycles. The van der Waals surface area contributed by atoms with Crippen molar-refractivity contribution in [2.24, 2.45) is 5.92 Å². The number of rotatable bonds is 4. The predicted molar refractivity (Wildman–Crippen MR) is 87.2 cm³/mol. The molecule has 7 nitrogen and oxygen atoms in total. The first-order chi connectivity index (χ1) is 11.1. The van der Waals surface area contributed by atoms with Crippen LogP contribution in [0.1, 0.15) is 40.0 Å². The van der Waals surface area contributed by atoms with Gasteiger partial charge < -0.3 is 14.8 Å². The Balaban J connectivity index is 2.07. The molecule has 7 heteroatoms. The summed E-state index contributed by atoms with van der Waals surface area (Å²) >= 11 is 0. The van der Waals surface area contributed by atoms with Gasteiger partial charge in [-0.15, -0.1) is 6.58 Å². The van der Waals surface area contributed by atoms with Crippen molar-refractivity contribution >= 4 is 18.0 Å². The maximum atomic E-state index is 12.7. The lowest BCUT2D eigenvalue weighted by Gasteiger charge is -2.29. The highest BCUT2D eigenvalue weighted by Crippen LogP contribution is 2.45. The Morgan fingerprint density at radius 3 is 2.50 bits per heavy atom. The molecule has 1 saturated heterocycles. The number of hydrogen-bond donors (Lipinski definition) is 1. The fraction of sp³-hybridized carbons (Fsp3) is 0.706. The van der Waals surface area contributed by atoms with Gasteiger partial charge >= 0.3 is 12.1 Å². The van der Waals surface area contributed by atoms with Crippen molar-refractivity contribution in [3.05, 3.63) is 12.7 Å². The van der Waals surface area contributed by atoms with Gasteiger partial charge in [0, 0.05) is 12.5 Å². The molecule has 1 N–H and O–H groups in total. The quantitative estimate of drug-likeness (QED) is 0.622. The molecular weight excluding hydrogens is 312 g/mol. The molecule has 2 amide bonds. The van der Waals surface area contributed by atoms with Crippen LogP contribution in [0.15, 0.2) is 12.7 Å². The summed E-state index contributed by atoms with van der Waals surface area (Å²) in [4.78, 5) is 38.4. The van der Waals surface area contributed by atoms with Gasteiger partial charge in [-0.05, 0) is 40.0 Å². The smallest absolute Gasteiger partial charge is 0.410 e. The summed E-state index contributed by atoms with van der Waals surface area (Å²) in [6.07, 6.45) is 2.85. The van der Waals surface area contributed by atoms with E-state index in [2.05, 4.69) is 11.9 Å².